The van der Waals surface area contributed by atoms with E-state index in [2.05, 4.69) is 31.5 Å². The summed E-state index contributed by atoms with van der Waals surface area (Å²) in [5, 5.41) is 13.7. The largest absolute Gasteiger partial charge is 0.481 e. The third-order valence-electron chi connectivity index (χ3n) is 2.07. The molecule has 0 aliphatic rings. The summed E-state index contributed by atoms with van der Waals surface area (Å²) in [6, 6.07) is 1.40. The van der Waals surface area contributed by atoms with Gasteiger partial charge in [-0.05, 0) is 34.8 Å². The van der Waals surface area contributed by atoms with E-state index in [1.54, 1.807) is 12.3 Å². The van der Waals surface area contributed by atoms with Gasteiger partial charge in [-0.3, -0.25) is 9.78 Å². The lowest BCUT2D eigenvalue weighted by atomic mass is 10.2. The van der Waals surface area contributed by atoms with Gasteiger partial charge in [0.25, 0.3) is 0 Å². The fourth-order valence-corrected chi connectivity index (χ4v) is 1.62. The number of carboxylic acids is 1. The van der Waals surface area contributed by atoms with Crippen molar-refractivity contribution in [3.05, 3.63) is 22.9 Å². The Labute approximate surface area is 113 Å². The topological polar surface area (TPSA) is 91.3 Å². The highest BCUT2D eigenvalue weighted by Crippen LogP contribution is 2.13. The summed E-state index contributed by atoms with van der Waals surface area (Å²) in [6.45, 7) is 0.445. The van der Waals surface area contributed by atoms with Gasteiger partial charge in [0.1, 0.15) is 0 Å². The normalized spacial score (nSPS) is 9.83. The van der Waals surface area contributed by atoms with E-state index < -0.39 is 5.97 Å². The smallest absolute Gasteiger partial charge is 0.319 e. The fraction of sp³-hybridized carbons (Fsp3) is 0.364. The molecule has 3 N–H and O–H groups in total. The molecule has 0 spiro atoms. The van der Waals surface area contributed by atoms with Gasteiger partial charge in [-0.15, -0.1) is 0 Å². The Morgan fingerprint density at radius 1 is 1.33 bits per heavy atom. The number of hydrogen-bond donors (Lipinski definition) is 3. The second-order valence-corrected chi connectivity index (χ2v) is 4.54. The van der Waals surface area contributed by atoms with E-state index in [4.69, 9.17) is 5.11 Å². The van der Waals surface area contributed by atoms with Crippen molar-refractivity contribution < 1.29 is 14.7 Å². The summed E-state index contributed by atoms with van der Waals surface area (Å²) in [4.78, 5) is 25.6. The summed E-state index contributed by atoms with van der Waals surface area (Å²) in [7, 11) is 0. The van der Waals surface area contributed by atoms with Gasteiger partial charge in [-0.2, -0.15) is 0 Å². The van der Waals surface area contributed by atoms with E-state index in [9.17, 15) is 9.59 Å². The molecule has 98 valence electrons. The van der Waals surface area contributed by atoms with Crippen molar-refractivity contribution in [3.8, 4) is 0 Å². The summed E-state index contributed by atoms with van der Waals surface area (Å²) in [5.74, 6) is -0.820. The monoisotopic (exact) mass is 315 g/mol. The number of pyridine rings is 1. The zero-order valence-electron chi connectivity index (χ0n) is 9.65. The van der Waals surface area contributed by atoms with Crippen LogP contribution in [0.15, 0.2) is 22.9 Å². The number of aromatic nitrogens is 1. The molecule has 0 aromatic carbocycles. The van der Waals surface area contributed by atoms with Crippen molar-refractivity contribution in [2.24, 2.45) is 0 Å². The van der Waals surface area contributed by atoms with E-state index in [0.29, 0.717) is 25.1 Å². The second kappa shape index (κ2) is 7.65. The van der Waals surface area contributed by atoms with Crippen molar-refractivity contribution in [1.82, 2.24) is 10.3 Å². The van der Waals surface area contributed by atoms with E-state index in [1.165, 1.54) is 6.20 Å². The van der Waals surface area contributed by atoms with E-state index >= 15 is 0 Å². The standard InChI is InChI=1S/C11H14BrN3O3/c12-8-5-9(7-13-6-8)15-11(18)14-4-2-1-3-10(16)17/h5-7H,1-4H2,(H,16,17)(H2,14,15,18). The van der Waals surface area contributed by atoms with Crippen molar-refractivity contribution in [3.63, 3.8) is 0 Å². The predicted molar refractivity (Wildman–Crippen MR) is 70.4 cm³/mol. The van der Waals surface area contributed by atoms with Crippen LogP contribution in [0.25, 0.3) is 0 Å². The first kappa shape index (κ1) is 14.4. The number of hydrogen-bond acceptors (Lipinski definition) is 3. The highest BCUT2D eigenvalue weighted by atomic mass is 79.9. The predicted octanol–water partition coefficient (Wildman–Crippen LogP) is 2.22. The number of amides is 2. The Morgan fingerprint density at radius 2 is 2.11 bits per heavy atom. The Balaban J connectivity index is 2.20. The van der Waals surface area contributed by atoms with Gasteiger partial charge in [0.2, 0.25) is 0 Å². The first-order valence-electron chi connectivity index (χ1n) is 5.45. The van der Waals surface area contributed by atoms with Crippen molar-refractivity contribution in [2.45, 2.75) is 19.3 Å². The molecule has 0 saturated heterocycles. The van der Waals surface area contributed by atoms with E-state index in [-0.39, 0.29) is 12.5 Å². The lowest BCUT2D eigenvalue weighted by Crippen LogP contribution is -2.29. The number of nitrogens with zero attached hydrogens (tertiary/aromatic N) is 1. The van der Waals surface area contributed by atoms with Crippen LogP contribution < -0.4 is 10.6 Å². The third-order valence-corrected chi connectivity index (χ3v) is 2.50. The second-order valence-electron chi connectivity index (χ2n) is 3.62. The average Bonchev–Trinajstić information content (AvgIpc) is 2.28. The van der Waals surface area contributed by atoms with Gasteiger partial charge >= 0.3 is 12.0 Å². The van der Waals surface area contributed by atoms with E-state index in [0.717, 1.165) is 4.47 Å². The van der Waals surface area contributed by atoms with Crippen LogP contribution in [0.1, 0.15) is 19.3 Å². The molecule has 0 atom stereocenters. The first-order chi connectivity index (χ1) is 8.58. The van der Waals surface area contributed by atoms with Crippen molar-refractivity contribution in [1.29, 1.82) is 0 Å². The Bertz CT molecular complexity index is 426. The van der Waals surface area contributed by atoms with Gasteiger partial charge in [0.05, 0.1) is 11.9 Å². The SMILES string of the molecule is O=C(O)CCCCNC(=O)Nc1cncc(Br)c1. The van der Waals surface area contributed by atoms with Crippen molar-refractivity contribution in [2.75, 3.05) is 11.9 Å². The minimum atomic E-state index is -0.820. The molecule has 1 heterocycles. The third kappa shape index (κ3) is 6.19. The number of carboxylic acid groups (broad SMARTS) is 1. The van der Waals surface area contributed by atoms with Gasteiger partial charge in [-0.1, -0.05) is 0 Å². The van der Waals surface area contributed by atoms with Gasteiger partial charge < -0.3 is 15.7 Å². The van der Waals surface area contributed by atoms with Crippen LogP contribution in [0.4, 0.5) is 10.5 Å². The number of carbonyl (C=O) groups excluding carboxylic acids is 1. The minimum Gasteiger partial charge on any atom is -0.481 e. The lowest BCUT2D eigenvalue weighted by molar-refractivity contribution is -0.137. The molecule has 6 nitrogen and oxygen atoms in total. The molecule has 0 radical (unpaired) electrons. The first-order valence-corrected chi connectivity index (χ1v) is 6.24. The molecule has 1 aromatic rings. The maximum atomic E-state index is 11.4. The number of rotatable bonds is 6. The zero-order valence-corrected chi connectivity index (χ0v) is 11.2. The fourth-order valence-electron chi connectivity index (χ4n) is 1.26. The molecule has 0 unspecified atom stereocenters. The minimum absolute atomic E-state index is 0.124. The number of anilines is 1. The molecular formula is C11H14BrN3O3. The molecule has 2 amide bonds. The number of halogens is 1. The molecule has 0 bridgehead atoms. The maximum absolute atomic E-state index is 11.4. The summed E-state index contributed by atoms with van der Waals surface area (Å²) >= 11 is 3.25. The van der Waals surface area contributed by atoms with Crippen LogP contribution in [0, 0.1) is 0 Å². The molecule has 7 heteroatoms. The zero-order chi connectivity index (χ0) is 13.4. The molecule has 0 aliphatic carbocycles. The van der Waals surface area contributed by atoms with Crippen molar-refractivity contribution >= 4 is 33.6 Å². The summed E-state index contributed by atoms with van der Waals surface area (Å²) < 4.78 is 0.779. The van der Waals surface area contributed by atoms with Crippen LogP contribution in [-0.2, 0) is 4.79 Å². The molecule has 0 aliphatic heterocycles. The highest BCUT2D eigenvalue weighted by molar-refractivity contribution is 9.10. The summed E-state index contributed by atoms with van der Waals surface area (Å²) in [6.07, 6.45) is 4.47. The van der Waals surface area contributed by atoms with Crippen LogP contribution in [0.3, 0.4) is 0 Å². The van der Waals surface area contributed by atoms with E-state index in [1.807, 2.05) is 0 Å². The highest BCUT2D eigenvalue weighted by Gasteiger charge is 2.02. The maximum Gasteiger partial charge on any atom is 0.319 e. The summed E-state index contributed by atoms with van der Waals surface area (Å²) in [5.41, 5.74) is 0.590. The van der Waals surface area contributed by atoms with Crippen LogP contribution >= 0.6 is 15.9 Å². The number of aliphatic carboxylic acids is 1. The molecule has 0 saturated carbocycles. The quantitative estimate of drug-likeness (QED) is 0.702. The number of nitrogens with one attached hydrogen (secondary N) is 2. The number of urea groups is 1. The molecule has 1 rings (SSSR count). The average molecular weight is 316 g/mol. The Morgan fingerprint density at radius 3 is 2.78 bits per heavy atom. The van der Waals surface area contributed by atoms with Crippen LogP contribution in [0.2, 0.25) is 0 Å². The Hall–Kier alpha value is -1.63. The number of carbonyl (C=O) groups is 2. The van der Waals surface area contributed by atoms with Crippen LogP contribution in [-0.4, -0.2) is 28.6 Å². The van der Waals surface area contributed by atoms with Crippen LogP contribution in [0.5, 0.6) is 0 Å². The molecule has 18 heavy (non-hydrogen) atoms. The van der Waals surface area contributed by atoms with Gasteiger partial charge in [0, 0.05) is 23.6 Å². The lowest BCUT2D eigenvalue weighted by Gasteiger charge is -2.07. The molecule has 0 fully saturated rings. The number of unbranched alkanes of at least 4 members (excludes halogenated alkanes) is 1. The van der Waals surface area contributed by atoms with Gasteiger partial charge in [0.15, 0.2) is 0 Å². The van der Waals surface area contributed by atoms with Gasteiger partial charge in [-0.25, -0.2) is 4.79 Å². The Kier molecular flexibility index (Phi) is 6.13. The molecular weight excluding hydrogens is 302 g/mol. The molecule has 1 aromatic heterocycles.